The largest absolute Gasteiger partial charge is 0.504 e. The van der Waals surface area contributed by atoms with Gasteiger partial charge >= 0.3 is 0 Å². The highest BCUT2D eigenvalue weighted by atomic mass is 35.7. The molecule has 16 heavy (non-hydrogen) atoms. The van der Waals surface area contributed by atoms with Crippen LogP contribution in [0.5, 0.6) is 5.75 Å². The van der Waals surface area contributed by atoms with Crippen LogP contribution in [0.25, 0.3) is 10.9 Å². The third kappa shape index (κ3) is 1.70. The van der Waals surface area contributed by atoms with Gasteiger partial charge in [0.15, 0.2) is 11.6 Å². The van der Waals surface area contributed by atoms with Crippen LogP contribution in [-0.4, -0.2) is 18.5 Å². The van der Waals surface area contributed by atoms with Crippen molar-refractivity contribution in [3.63, 3.8) is 0 Å². The summed E-state index contributed by atoms with van der Waals surface area (Å²) in [5, 5.41) is 9.40. The molecule has 84 valence electrons. The summed E-state index contributed by atoms with van der Waals surface area (Å²) in [6.07, 6.45) is 1.32. The van der Waals surface area contributed by atoms with E-state index in [1.54, 1.807) is 0 Å². The van der Waals surface area contributed by atoms with E-state index in [-0.39, 0.29) is 10.9 Å². The summed E-state index contributed by atoms with van der Waals surface area (Å²) >= 11 is 0. The van der Waals surface area contributed by atoms with Crippen molar-refractivity contribution in [3.05, 3.63) is 30.2 Å². The molecule has 0 saturated carbocycles. The predicted molar refractivity (Wildman–Crippen MR) is 56.4 cm³/mol. The average molecular weight is 262 g/mol. The van der Waals surface area contributed by atoms with Crippen LogP contribution in [-0.2, 0) is 9.05 Å². The van der Waals surface area contributed by atoms with Crippen LogP contribution >= 0.6 is 10.7 Å². The number of benzene rings is 1. The highest BCUT2D eigenvalue weighted by molar-refractivity contribution is 8.14. The molecule has 0 spiro atoms. The molecule has 0 saturated heterocycles. The number of aromatic nitrogens is 1. The summed E-state index contributed by atoms with van der Waals surface area (Å²) in [5.74, 6) is -1.70. The minimum absolute atomic E-state index is 0.00160. The van der Waals surface area contributed by atoms with E-state index >= 15 is 0 Å². The molecule has 0 aliphatic rings. The maximum Gasteiger partial charge on any atom is 0.263 e. The van der Waals surface area contributed by atoms with Gasteiger partial charge in [0.1, 0.15) is 4.90 Å². The van der Waals surface area contributed by atoms with Crippen molar-refractivity contribution >= 4 is 30.6 Å². The molecular weight excluding hydrogens is 257 g/mol. The van der Waals surface area contributed by atoms with Crippen molar-refractivity contribution < 1.29 is 17.9 Å². The zero-order valence-corrected chi connectivity index (χ0v) is 9.26. The molecule has 1 N–H and O–H groups in total. The molecule has 0 atom stereocenters. The highest BCUT2D eigenvalue weighted by Crippen LogP contribution is 2.32. The number of aromatic hydroxyl groups is 1. The number of phenols is 1. The zero-order chi connectivity index (χ0) is 11.9. The SMILES string of the molecule is O=S(=O)(Cl)c1cc(F)c(O)c2cccnc12. The molecule has 4 nitrogen and oxygen atoms in total. The Hall–Kier alpha value is -1.40. The number of fused-ring (bicyclic) bond motifs is 1. The first kappa shape index (κ1) is 11.1. The molecule has 0 bridgehead atoms. The summed E-state index contributed by atoms with van der Waals surface area (Å²) in [5.41, 5.74) is -0.0589. The molecule has 2 rings (SSSR count). The van der Waals surface area contributed by atoms with Crippen molar-refractivity contribution in [1.29, 1.82) is 0 Å². The summed E-state index contributed by atoms with van der Waals surface area (Å²) < 4.78 is 35.6. The van der Waals surface area contributed by atoms with E-state index in [9.17, 15) is 17.9 Å². The lowest BCUT2D eigenvalue weighted by molar-refractivity contribution is 0.437. The Bertz CT molecular complexity index is 672. The third-order valence-corrected chi connectivity index (χ3v) is 3.38. The molecule has 0 unspecified atom stereocenters. The Kier molecular flexibility index (Phi) is 2.47. The first-order valence-corrected chi connectivity index (χ1v) is 6.43. The summed E-state index contributed by atoms with van der Waals surface area (Å²) in [6, 6.07) is 3.45. The first-order chi connectivity index (χ1) is 7.41. The Labute approximate surface area is 94.7 Å². The summed E-state index contributed by atoms with van der Waals surface area (Å²) in [7, 11) is 1.04. The lowest BCUT2D eigenvalue weighted by Gasteiger charge is -2.05. The van der Waals surface area contributed by atoms with Crippen molar-refractivity contribution in [2.75, 3.05) is 0 Å². The number of rotatable bonds is 1. The van der Waals surface area contributed by atoms with E-state index in [2.05, 4.69) is 4.98 Å². The van der Waals surface area contributed by atoms with Gasteiger partial charge in [0, 0.05) is 22.3 Å². The summed E-state index contributed by atoms with van der Waals surface area (Å²) in [6.45, 7) is 0. The van der Waals surface area contributed by atoms with Crippen LogP contribution in [0.1, 0.15) is 0 Å². The van der Waals surface area contributed by atoms with E-state index in [0.717, 1.165) is 0 Å². The second-order valence-corrected chi connectivity index (χ2v) is 5.58. The third-order valence-electron chi connectivity index (χ3n) is 2.04. The van der Waals surface area contributed by atoms with Crippen molar-refractivity contribution in [3.8, 4) is 5.75 Å². The molecule has 0 aliphatic heterocycles. The first-order valence-electron chi connectivity index (χ1n) is 4.12. The maximum atomic E-state index is 13.2. The van der Waals surface area contributed by atoms with Gasteiger partial charge in [-0.2, -0.15) is 0 Å². The minimum Gasteiger partial charge on any atom is -0.504 e. The molecule has 0 radical (unpaired) electrons. The van der Waals surface area contributed by atoms with Crippen LogP contribution in [0.2, 0.25) is 0 Å². The van der Waals surface area contributed by atoms with Gasteiger partial charge in [-0.15, -0.1) is 0 Å². The van der Waals surface area contributed by atoms with Gasteiger partial charge in [-0.1, -0.05) is 0 Å². The number of nitrogens with zero attached hydrogens (tertiary/aromatic N) is 1. The molecular formula is C9H5ClFNO3S. The van der Waals surface area contributed by atoms with Crippen molar-refractivity contribution in [1.82, 2.24) is 4.98 Å². The molecule has 1 aromatic carbocycles. The number of hydrogen-bond acceptors (Lipinski definition) is 4. The van der Waals surface area contributed by atoms with Gasteiger partial charge in [-0.3, -0.25) is 4.98 Å². The molecule has 7 heteroatoms. The Morgan fingerprint density at radius 3 is 2.75 bits per heavy atom. The van der Waals surface area contributed by atoms with Gasteiger partial charge in [-0.25, -0.2) is 12.8 Å². The van der Waals surface area contributed by atoms with E-state index in [4.69, 9.17) is 10.7 Å². The van der Waals surface area contributed by atoms with E-state index in [1.165, 1.54) is 18.3 Å². The molecule has 2 aromatic rings. The quantitative estimate of drug-likeness (QED) is 0.798. The number of pyridine rings is 1. The normalized spacial score (nSPS) is 11.9. The van der Waals surface area contributed by atoms with Crippen molar-refractivity contribution in [2.24, 2.45) is 0 Å². The Morgan fingerprint density at radius 1 is 1.44 bits per heavy atom. The average Bonchev–Trinajstić information content (AvgIpc) is 2.22. The maximum absolute atomic E-state index is 13.2. The number of phenolic OH excluding ortho intramolecular Hbond substituents is 1. The van der Waals surface area contributed by atoms with Crippen LogP contribution < -0.4 is 0 Å². The van der Waals surface area contributed by atoms with Crippen LogP contribution in [0.4, 0.5) is 4.39 Å². The zero-order valence-electron chi connectivity index (χ0n) is 7.68. The van der Waals surface area contributed by atoms with Gasteiger partial charge in [0.25, 0.3) is 9.05 Å². The second-order valence-electron chi connectivity index (χ2n) is 3.04. The van der Waals surface area contributed by atoms with Gasteiger partial charge in [0.05, 0.1) is 5.52 Å². The fourth-order valence-electron chi connectivity index (χ4n) is 1.36. The molecule has 0 aliphatic carbocycles. The van der Waals surface area contributed by atoms with Crippen LogP contribution in [0, 0.1) is 5.82 Å². The molecule has 0 fully saturated rings. The lowest BCUT2D eigenvalue weighted by atomic mass is 10.2. The standard InChI is InChI=1S/C9H5ClFNO3S/c10-16(14,15)7-4-6(11)9(13)5-2-1-3-12-8(5)7/h1-4,13H. The lowest BCUT2D eigenvalue weighted by Crippen LogP contribution is -1.96. The smallest absolute Gasteiger partial charge is 0.263 e. The number of halogens is 2. The van der Waals surface area contributed by atoms with Gasteiger partial charge in [-0.05, 0) is 18.2 Å². The fourth-order valence-corrected chi connectivity index (χ4v) is 2.35. The predicted octanol–water partition coefficient (Wildman–Crippen LogP) is 2.01. The van der Waals surface area contributed by atoms with Gasteiger partial charge in [0.2, 0.25) is 0 Å². The highest BCUT2D eigenvalue weighted by Gasteiger charge is 2.20. The fraction of sp³-hybridized carbons (Fsp3) is 0. The molecule has 0 amide bonds. The molecule has 1 aromatic heterocycles. The van der Waals surface area contributed by atoms with E-state index in [1.807, 2.05) is 0 Å². The van der Waals surface area contributed by atoms with Crippen LogP contribution in [0.3, 0.4) is 0 Å². The second kappa shape index (κ2) is 3.57. The van der Waals surface area contributed by atoms with Crippen molar-refractivity contribution in [2.45, 2.75) is 4.90 Å². The topological polar surface area (TPSA) is 67.3 Å². The Balaban J connectivity index is 3.02. The summed E-state index contributed by atoms with van der Waals surface area (Å²) in [4.78, 5) is 3.30. The molecule has 1 heterocycles. The van der Waals surface area contributed by atoms with E-state index < -0.39 is 25.5 Å². The Morgan fingerprint density at radius 2 is 2.12 bits per heavy atom. The van der Waals surface area contributed by atoms with E-state index in [0.29, 0.717) is 6.07 Å². The number of hydrogen-bond donors (Lipinski definition) is 1. The monoisotopic (exact) mass is 261 g/mol. The van der Waals surface area contributed by atoms with Gasteiger partial charge < -0.3 is 5.11 Å². The minimum atomic E-state index is -4.11. The van der Waals surface area contributed by atoms with Crippen LogP contribution in [0.15, 0.2) is 29.3 Å².